The van der Waals surface area contributed by atoms with Crippen molar-refractivity contribution in [2.75, 3.05) is 6.54 Å². The maximum atomic E-state index is 12.1. The second kappa shape index (κ2) is 4.93. The van der Waals surface area contributed by atoms with E-state index in [0.717, 1.165) is 0 Å². The van der Waals surface area contributed by atoms with E-state index in [1.54, 1.807) is 13.8 Å². The Bertz CT molecular complexity index is 605. The van der Waals surface area contributed by atoms with Gasteiger partial charge in [-0.15, -0.1) is 0 Å². The lowest BCUT2D eigenvalue weighted by atomic mass is 10.0. The zero-order valence-corrected chi connectivity index (χ0v) is 11.2. The fourth-order valence-electron chi connectivity index (χ4n) is 1.60. The minimum atomic E-state index is -0.908. The summed E-state index contributed by atoms with van der Waals surface area (Å²) in [5.41, 5.74) is 0.176. The van der Waals surface area contributed by atoms with E-state index in [9.17, 15) is 9.90 Å². The molecule has 7 heteroatoms. The van der Waals surface area contributed by atoms with E-state index in [2.05, 4.69) is 20.4 Å². The minimum Gasteiger partial charge on any atom is -0.388 e. The Morgan fingerprint density at radius 1 is 1.53 bits per heavy atom. The zero-order valence-electron chi connectivity index (χ0n) is 11.2. The summed E-state index contributed by atoms with van der Waals surface area (Å²) in [5, 5.41) is 16.6. The quantitative estimate of drug-likeness (QED) is 0.829. The Kier molecular flexibility index (Phi) is 3.48. The summed E-state index contributed by atoms with van der Waals surface area (Å²) in [4.78, 5) is 20.1. The molecule has 0 bridgehead atoms. The van der Waals surface area contributed by atoms with E-state index in [1.165, 1.54) is 17.0 Å². The van der Waals surface area contributed by atoms with Crippen LogP contribution >= 0.6 is 0 Å². The van der Waals surface area contributed by atoms with Gasteiger partial charge in [-0.25, -0.2) is 9.50 Å². The number of amides is 1. The molecule has 2 rings (SSSR count). The van der Waals surface area contributed by atoms with E-state index in [4.69, 9.17) is 0 Å². The third kappa shape index (κ3) is 2.70. The van der Waals surface area contributed by atoms with Crippen LogP contribution in [0.5, 0.6) is 0 Å². The number of fused-ring (bicyclic) bond motifs is 1. The molecule has 7 nitrogen and oxygen atoms in total. The van der Waals surface area contributed by atoms with Gasteiger partial charge >= 0.3 is 0 Å². The first-order valence-electron chi connectivity index (χ1n) is 6.10. The van der Waals surface area contributed by atoms with Crippen LogP contribution in [0, 0.1) is 6.92 Å². The topological polar surface area (TPSA) is 92.4 Å². The van der Waals surface area contributed by atoms with Crippen LogP contribution in [-0.4, -0.2) is 42.7 Å². The van der Waals surface area contributed by atoms with Crippen molar-refractivity contribution >= 4 is 11.7 Å². The van der Waals surface area contributed by atoms with E-state index in [1.807, 2.05) is 6.92 Å². The van der Waals surface area contributed by atoms with Gasteiger partial charge in [-0.3, -0.25) is 4.79 Å². The Hall–Kier alpha value is -2.02. The number of hydrogen-bond donors (Lipinski definition) is 2. The molecule has 0 spiro atoms. The Balaban J connectivity index is 2.20. The van der Waals surface area contributed by atoms with Gasteiger partial charge in [-0.1, -0.05) is 6.92 Å². The smallest absolute Gasteiger partial charge is 0.254 e. The largest absolute Gasteiger partial charge is 0.388 e. The minimum absolute atomic E-state index is 0.192. The number of carbonyl (C=O) groups is 1. The first-order chi connectivity index (χ1) is 8.94. The molecule has 0 aliphatic heterocycles. The van der Waals surface area contributed by atoms with Crippen molar-refractivity contribution in [3.63, 3.8) is 0 Å². The fourth-order valence-corrected chi connectivity index (χ4v) is 1.60. The van der Waals surface area contributed by atoms with Crippen LogP contribution in [0.15, 0.2) is 12.5 Å². The third-order valence-electron chi connectivity index (χ3n) is 3.18. The van der Waals surface area contributed by atoms with Crippen molar-refractivity contribution in [2.45, 2.75) is 32.8 Å². The van der Waals surface area contributed by atoms with Crippen LogP contribution in [0.4, 0.5) is 0 Å². The first kappa shape index (κ1) is 13.4. The highest BCUT2D eigenvalue weighted by Gasteiger charge is 2.20. The average molecular weight is 263 g/mol. The summed E-state index contributed by atoms with van der Waals surface area (Å²) in [6, 6.07) is 0. The summed E-state index contributed by atoms with van der Waals surface area (Å²) >= 11 is 0. The number of carbonyl (C=O) groups excluding carboxylic acids is 1. The summed E-state index contributed by atoms with van der Waals surface area (Å²) in [7, 11) is 0. The normalized spacial score (nSPS) is 14.3. The van der Waals surface area contributed by atoms with E-state index in [-0.39, 0.29) is 12.5 Å². The van der Waals surface area contributed by atoms with Crippen molar-refractivity contribution in [3.8, 4) is 0 Å². The zero-order chi connectivity index (χ0) is 14.0. The molecular formula is C12H17N5O2. The molecule has 1 amide bonds. The standard InChI is InChI=1S/C12H17N5O2/c1-4-12(3,19)6-14-10(18)9-5-13-11-15-7-16-17(11)8(9)2/h5,7,19H,4,6H2,1-3H3,(H,14,18). The maximum absolute atomic E-state index is 12.1. The SMILES string of the molecule is CCC(C)(O)CNC(=O)c1cnc2ncnn2c1C. The van der Waals surface area contributed by atoms with Gasteiger partial charge in [-0.05, 0) is 20.3 Å². The number of aromatic nitrogens is 4. The molecule has 19 heavy (non-hydrogen) atoms. The second-order valence-corrected chi connectivity index (χ2v) is 4.76. The number of nitrogens with one attached hydrogen (secondary N) is 1. The molecule has 1 unspecified atom stereocenters. The summed E-state index contributed by atoms with van der Waals surface area (Å²) in [5.74, 6) is 0.172. The van der Waals surface area contributed by atoms with Gasteiger partial charge in [0.2, 0.25) is 0 Å². The first-order valence-corrected chi connectivity index (χ1v) is 6.10. The van der Waals surface area contributed by atoms with E-state index in [0.29, 0.717) is 23.5 Å². The number of rotatable bonds is 4. The van der Waals surface area contributed by atoms with Gasteiger partial charge in [0, 0.05) is 12.7 Å². The highest BCUT2D eigenvalue weighted by Crippen LogP contribution is 2.09. The number of hydrogen-bond acceptors (Lipinski definition) is 5. The average Bonchev–Trinajstić information content (AvgIpc) is 2.86. The molecule has 2 aromatic rings. The van der Waals surface area contributed by atoms with Crippen molar-refractivity contribution in [1.82, 2.24) is 24.9 Å². The molecule has 0 aromatic carbocycles. The van der Waals surface area contributed by atoms with Crippen LogP contribution in [0.2, 0.25) is 0 Å². The molecule has 0 aliphatic carbocycles. The molecule has 0 saturated heterocycles. The Morgan fingerprint density at radius 3 is 2.95 bits per heavy atom. The van der Waals surface area contributed by atoms with E-state index < -0.39 is 5.60 Å². The van der Waals surface area contributed by atoms with Gasteiger partial charge in [-0.2, -0.15) is 10.1 Å². The van der Waals surface area contributed by atoms with Gasteiger partial charge in [0.25, 0.3) is 11.7 Å². The van der Waals surface area contributed by atoms with Crippen molar-refractivity contribution in [3.05, 3.63) is 23.8 Å². The Morgan fingerprint density at radius 2 is 2.26 bits per heavy atom. The van der Waals surface area contributed by atoms with Gasteiger partial charge in [0.05, 0.1) is 16.9 Å². The highest BCUT2D eigenvalue weighted by atomic mass is 16.3. The second-order valence-electron chi connectivity index (χ2n) is 4.76. The summed E-state index contributed by atoms with van der Waals surface area (Å²) < 4.78 is 1.51. The lowest BCUT2D eigenvalue weighted by molar-refractivity contribution is 0.0518. The molecule has 0 radical (unpaired) electrons. The molecular weight excluding hydrogens is 246 g/mol. The number of aliphatic hydroxyl groups is 1. The lowest BCUT2D eigenvalue weighted by Crippen LogP contribution is -2.40. The summed E-state index contributed by atoms with van der Waals surface area (Å²) in [6.07, 6.45) is 3.42. The van der Waals surface area contributed by atoms with Crippen LogP contribution in [-0.2, 0) is 0 Å². The fraction of sp³-hybridized carbons (Fsp3) is 0.500. The molecule has 0 saturated carbocycles. The van der Waals surface area contributed by atoms with E-state index >= 15 is 0 Å². The van der Waals surface area contributed by atoms with Gasteiger partial charge in [0.15, 0.2) is 0 Å². The predicted octanol–water partition coefficient (Wildman–Crippen LogP) is 0.324. The molecule has 2 N–H and O–H groups in total. The monoisotopic (exact) mass is 263 g/mol. The molecule has 2 heterocycles. The van der Waals surface area contributed by atoms with Gasteiger partial charge < -0.3 is 10.4 Å². The lowest BCUT2D eigenvalue weighted by Gasteiger charge is -2.21. The van der Waals surface area contributed by atoms with Gasteiger partial charge in [0.1, 0.15) is 6.33 Å². The van der Waals surface area contributed by atoms with Crippen molar-refractivity contribution < 1.29 is 9.90 Å². The molecule has 1 atom stereocenters. The van der Waals surface area contributed by atoms with Crippen LogP contribution in [0.1, 0.15) is 36.3 Å². The highest BCUT2D eigenvalue weighted by molar-refractivity contribution is 5.95. The summed E-state index contributed by atoms with van der Waals surface area (Å²) in [6.45, 7) is 5.51. The van der Waals surface area contributed by atoms with Crippen LogP contribution in [0.3, 0.4) is 0 Å². The molecule has 102 valence electrons. The molecule has 2 aromatic heterocycles. The third-order valence-corrected chi connectivity index (χ3v) is 3.18. The Labute approximate surface area is 110 Å². The van der Waals surface area contributed by atoms with Crippen molar-refractivity contribution in [1.29, 1.82) is 0 Å². The maximum Gasteiger partial charge on any atom is 0.254 e. The molecule has 0 fully saturated rings. The predicted molar refractivity (Wildman–Crippen MR) is 68.8 cm³/mol. The number of nitrogens with zero attached hydrogens (tertiary/aromatic N) is 4. The number of aryl methyl sites for hydroxylation is 1. The van der Waals surface area contributed by atoms with Crippen molar-refractivity contribution in [2.24, 2.45) is 0 Å². The van der Waals surface area contributed by atoms with Crippen LogP contribution < -0.4 is 5.32 Å². The molecule has 0 aliphatic rings. The van der Waals surface area contributed by atoms with Crippen LogP contribution in [0.25, 0.3) is 5.78 Å².